The van der Waals surface area contributed by atoms with Crippen molar-refractivity contribution < 1.29 is 37.0 Å². The van der Waals surface area contributed by atoms with Gasteiger partial charge in [-0.05, 0) is 43.7 Å². The third kappa shape index (κ3) is 5.44. The number of nitrogens with zero attached hydrogens (tertiary/aromatic N) is 1. The number of alkyl halides is 3. The topological polar surface area (TPSA) is 77.1 Å². The molecule has 2 aromatic carbocycles. The van der Waals surface area contributed by atoms with E-state index in [1.165, 1.54) is 17.0 Å². The van der Waals surface area contributed by atoms with Gasteiger partial charge in [-0.2, -0.15) is 13.2 Å². The Morgan fingerprint density at radius 2 is 1.76 bits per heavy atom. The largest absolute Gasteiger partial charge is 0.493 e. The van der Waals surface area contributed by atoms with Crippen LogP contribution in [0.25, 0.3) is 0 Å². The van der Waals surface area contributed by atoms with Crippen molar-refractivity contribution in [2.45, 2.75) is 50.8 Å². The molecule has 0 bridgehead atoms. The second-order valence-corrected chi connectivity index (χ2v) is 11.7. The van der Waals surface area contributed by atoms with Crippen LogP contribution in [0.3, 0.4) is 0 Å². The summed E-state index contributed by atoms with van der Waals surface area (Å²) in [4.78, 5) is 27.7. The summed E-state index contributed by atoms with van der Waals surface area (Å²) in [5.41, 5.74) is -1.69. The van der Waals surface area contributed by atoms with Crippen LogP contribution in [0, 0.1) is 25.2 Å². The summed E-state index contributed by atoms with van der Waals surface area (Å²) in [7, 11) is 0.933. The lowest BCUT2D eigenvalue weighted by atomic mass is 9.62. The number of methoxy groups -OCH3 is 1. The summed E-state index contributed by atoms with van der Waals surface area (Å²) in [5.74, 6) is -0.258. The Labute approximate surface area is 238 Å². The van der Waals surface area contributed by atoms with Crippen LogP contribution in [-0.4, -0.2) is 69.5 Å². The number of nitrogens with one attached hydrogen (secondary N) is 1. The average molecular weight is 575 g/mol. The lowest BCUT2D eigenvalue weighted by Gasteiger charge is -2.50. The molecular weight excluding hydrogens is 537 g/mol. The molecule has 10 heteroatoms. The fourth-order valence-electron chi connectivity index (χ4n) is 6.68. The molecule has 222 valence electrons. The van der Waals surface area contributed by atoms with Gasteiger partial charge in [0, 0.05) is 50.6 Å². The molecule has 3 heterocycles. The molecule has 7 nitrogen and oxygen atoms in total. The maximum absolute atomic E-state index is 14.8. The first-order valence-electron chi connectivity index (χ1n) is 14.1. The zero-order valence-electron chi connectivity index (χ0n) is 23.7. The van der Waals surface area contributed by atoms with Crippen LogP contribution >= 0.6 is 0 Å². The molecule has 0 aliphatic carbocycles. The monoisotopic (exact) mass is 574 g/mol. The molecule has 2 atom stereocenters. The highest BCUT2D eigenvalue weighted by atomic mass is 19.4. The van der Waals surface area contributed by atoms with E-state index < -0.39 is 23.1 Å². The number of hydrogen-bond acceptors (Lipinski definition) is 5. The molecule has 2 amide bonds. The molecular formula is C31H37F3N2O5. The van der Waals surface area contributed by atoms with E-state index in [4.69, 9.17) is 14.2 Å². The molecule has 2 aromatic rings. The van der Waals surface area contributed by atoms with Crippen LogP contribution in [-0.2, 0) is 24.7 Å². The second-order valence-electron chi connectivity index (χ2n) is 11.7. The van der Waals surface area contributed by atoms with Crippen molar-refractivity contribution >= 4 is 11.8 Å². The molecule has 41 heavy (non-hydrogen) atoms. The van der Waals surface area contributed by atoms with Crippen molar-refractivity contribution in [3.8, 4) is 5.75 Å². The Morgan fingerprint density at radius 3 is 2.34 bits per heavy atom. The standard InChI is InChI=1S/C31H37F3N2O5/c1-20-12-21(2)14-23(13-20)30(39-3,31(32,33)34)28(38)36-10-8-29(9-11-36)15-27(37)35-16-25(29)24-6-4-5-7-26(24)41-19-22-17-40-18-22/h4-7,12-14,22,25H,8-11,15-19H2,1-3H3,(H,35,37)/t25-,30?/m0/s1. The predicted molar refractivity (Wildman–Crippen MR) is 146 cm³/mol. The van der Waals surface area contributed by atoms with Gasteiger partial charge in [0.05, 0.1) is 19.8 Å². The van der Waals surface area contributed by atoms with Crippen molar-refractivity contribution in [1.29, 1.82) is 0 Å². The first-order chi connectivity index (χ1) is 19.5. The fourth-order valence-corrected chi connectivity index (χ4v) is 6.68. The van der Waals surface area contributed by atoms with Crippen LogP contribution in [0.2, 0.25) is 0 Å². The maximum atomic E-state index is 14.8. The number of halogens is 3. The maximum Gasteiger partial charge on any atom is 0.430 e. The van der Waals surface area contributed by atoms with Gasteiger partial charge in [-0.3, -0.25) is 9.59 Å². The van der Waals surface area contributed by atoms with E-state index in [1.807, 2.05) is 24.3 Å². The van der Waals surface area contributed by atoms with Gasteiger partial charge in [-0.25, -0.2) is 0 Å². The third-order valence-corrected chi connectivity index (χ3v) is 8.91. The molecule has 3 saturated heterocycles. The zero-order valence-corrected chi connectivity index (χ0v) is 23.7. The number of aryl methyl sites for hydroxylation is 2. The second kappa shape index (κ2) is 11.3. The van der Waals surface area contributed by atoms with E-state index in [9.17, 15) is 22.8 Å². The number of para-hydroxylation sites is 1. The zero-order chi connectivity index (χ0) is 29.4. The number of likely N-dealkylation sites (tertiary alicyclic amines) is 1. The number of amides is 2. The number of benzene rings is 2. The predicted octanol–water partition coefficient (Wildman–Crippen LogP) is 4.65. The highest BCUT2D eigenvalue weighted by molar-refractivity contribution is 5.88. The summed E-state index contributed by atoms with van der Waals surface area (Å²) >= 11 is 0. The summed E-state index contributed by atoms with van der Waals surface area (Å²) in [6.07, 6.45) is -3.99. The summed E-state index contributed by atoms with van der Waals surface area (Å²) in [5, 5.41) is 2.97. The molecule has 0 saturated carbocycles. The Balaban J connectivity index is 1.41. The molecule has 3 aliphatic rings. The van der Waals surface area contributed by atoms with Crippen molar-refractivity contribution in [2.75, 3.05) is 46.6 Å². The minimum Gasteiger partial charge on any atom is -0.493 e. The highest BCUT2D eigenvalue weighted by Gasteiger charge is 2.64. The minimum atomic E-state index is -4.98. The van der Waals surface area contributed by atoms with Gasteiger partial charge in [0.25, 0.3) is 11.5 Å². The Kier molecular flexibility index (Phi) is 8.09. The van der Waals surface area contributed by atoms with E-state index in [0.29, 0.717) is 56.3 Å². The van der Waals surface area contributed by atoms with Crippen molar-refractivity contribution in [3.05, 3.63) is 64.7 Å². The summed E-state index contributed by atoms with van der Waals surface area (Å²) in [6.45, 7) is 5.80. The smallest absolute Gasteiger partial charge is 0.430 e. The van der Waals surface area contributed by atoms with Gasteiger partial charge >= 0.3 is 6.18 Å². The van der Waals surface area contributed by atoms with E-state index in [-0.39, 0.29) is 36.9 Å². The van der Waals surface area contributed by atoms with Gasteiger partial charge in [0.15, 0.2) is 0 Å². The van der Waals surface area contributed by atoms with Gasteiger partial charge in [0.2, 0.25) is 5.91 Å². The molecule has 1 spiro atoms. The minimum absolute atomic E-state index is 0.0804. The Bertz CT molecular complexity index is 1270. The van der Waals surface area contributed by atoms with Crippen LogP contribution < -0.4 is 10.1 Å². The van der Waals surface area contributed by atoms with E-state index in [2.05, 4.69) is 5.32 Å². The number of carbonyl (C=O) groups is 2. The normalized spacial score (nSPS) is 22.5. The van der Waals surface area contributed by atoms with E-state index >= 15 is 0 Å². The molecule has 5 rings (SSSR count). The SMILES string of the molecule is COC(C(=O)N1CCC2(CC1)CC(=O)NC[C@H]2c1ccccc1OCC1COC1)(c1cc(C)cc(C)c1)C(F)(F)F. The van der Waals surface area contributed by atoms with E-state index in [0.717, 1.165) is 18.4 Å². The number of ether oxygens (including phenoxy) is 3. The van der Waals surface area contributed by atoms with Gasteiger partial charge in [0.1, 0.15) is 5.75 Å². The number of carbonyl (C=O) groups excluding carboxylic acids is 2. The number of rotatable bonds is 7. The van der Waals surface area contributed by atoms with Gasteiger partial charge in [-0.15, -0.1) is 0 Å². The summed E-state index contributed by atoms with van der Waals surface area (Å²) < 4.78 is 60.9. The first kappa shape index (κ1) is 29.4. The van der Waals surface area contributed by atoms with E-state index in [1.54, 1.807) is 19.9 Å². The van der Waals surface area contributed by atoms with Crippen LogP contribution in [0.15, 0.2) is 42.5 Å². The van der Waals surface area contributed by atoms with Crippen molar-refractivity contribution in [1.82, 2.24) is 10.2 Å². The lowest BCUT2D eigenvalue weighted by Crippen LogP contribution is -2.60. The lowest BCUT2D eigenvalue weighted by molar-refractivity contribution is -0.271. The molecule has 0 aromatic heterocycles. The average Bonchev–Trinajstić information content (AvgIpc) is 2.88. The molecule has 1 unspecified atom stereocenters. The molecule has 0 radical (unpaired) electrons. The fraction of sp³-hybridized carbons (Fsp3) is 0.548. The van der Waals surface area contributed by atoms with Crippen molar-refractivity contribution in [3.63, 3.8) is 0 Å². The molecule has 1 N–H and O–H groups in total. The van der Waals surface area contributed by atoms with Crippen LogP contribution in [0.5, 0.6) is 5.75 Å². The van der Waals surface area contributed by atoms with Gasteiger partial charge < -0.3 is 24.4 Å². The molecule has 3 fully saturated rings. The third-order valence-electron chi connectivity index (χ3n) is 8.91. The summed E-state index contributed by atoms with van der Waals surface area (Å²) in [6, 6.07) is 12.2. The highest BCUT2D eigenvalue weighted by Crippen LogP contribution is 2.52. The molecule has 3 aliphatic heterocycles. The Morgan fingerprint density at radius 1 is 1.10 bits per heavy atom. The number of hydrogen-bond donors (Lipinski definition) is 1. The number of piperidine rings is 2. The first-order valence-corrected chi connectivity index (χ1v) is 14.1. The van der Waals surface area contributed by atoms with Crippen LogP contribution in [0.4, 0.5) is 13.2 Å². The van der Waals surface area contributed by atoms with Crippen molar-refractivity contribution in [2.24, 2.45) is 11.3 Å². The van der Waals surface area contributed by atoms with Crippen LogP contribution in [0.1, 0.15) is 47.4 Å². The van der Waals surface area contributed by atoms with Gasteiger partial charge in [-0.1, -0.05) is 47.5 Å². The Hall–Kier alpha value is -3.11. The quantitative estimate of drug-likeness (QED) is 0.521.